The van der Waals surface area contributed by atoms with Crippen LogP contribution in [0.5, 0.6) is 0 Å². The SMILES string of the molecule is CN1CCOC(CNCC2CCCCO2)C1. The average Bonchev–Trinajstić information content (AvgIpc) is 2.30. The predicted octanol–water partition coefficient (Wildman–Crippen LogP) is 0.476. The summed E-state index contributed by atoms with van der Waals surface area (Å²) < 4.78 is 11.4. The Morgan fingerprint density at radius 2 is 1.94 bits per heavy atom. The van der Waals surface area contributed by atoms with E-state index in [2.05, 4.69) is 17.3 Å². The molecule has 0 aromatic heterocycles. The summed E-state index contributed by atoms with van der Waals surface area (Å²) in [5, 5.41) is 3.47. The van der Waals surface area contributed by atoms with E-state index < -0.39 is 0 Å². The number of nitrogens with zero attached hydrogens (tertiary/aromatic N) is 1. The summed E-state index contributed by atoms with van der Waals surface area (Å²) in [5.74, 6) is 0. The maximum atomic E-state index is 5.69. The van der Waals surface area contributed by atoms with E-state index in [1.54, 1.807) is 0 Å². The lowest BCUT2D eigenvalue weighted by Gasteiger charge is -2.31. The second-order valence-electron chi connectivity index (χ2n) is 4.90. The van der Waals surface area contributed by atoms with Crippen molar-refractivity contribution in [1.82, 2.24) is 10.2 Å². The van der Waals surface area contributed by atoms with Crippen LogP contribution in [0, 0.1) is 0 Å². The van der Waals surface area contributed by atoms with Crippen LogP contribution in [0.4, 0.5) is 0 Å². The van der Waals surface area contributed by atoms with Crippen molar-refractivity contribution in [3.63, 3.8) is 0 Å². The minimum Gasteiger partial charge on any atom is -0.377 e. The summed E-state index contributed by atoms with van der Waals surface area (Å²) in [4.78, 5) is 2.33. The van der Waals surface area contributed by atoms with E-state index in [0.29, 0.717) is 12.2 Å². The average molecular weight is 228 g/mol. The van der Waals surface area contributed by atoms with Gasteiger partial charge in [-0.05, 0) is 26.3 Å². The summed E-state index contributed by atoms with van der Waals surface area (Å²) in [6, 6.07) is 0. The lowest BCUT2D eigenvalue weighted by Crippen LogP contribution is -2.46. The largest absolute Gasteiger partial charge is 0.377 e. The van der Waals surface area contributed by atoms with Crippen molar-refractivity contribution in [3.05, 3.63) is 0 Å². The van der Waals surface area contributed by atoms with Gasteiger partial charge in [-0.15, -0.1) is 0 Å². The molecule has 4 nitrogen and oxygen atoms in total. The van der Waals surface area contributed by atoms with Gasteiger partial charge in [0.25, 0.3) is 0 Å². The monoisotopic (exact) mass is 228 g/mol. The van der Waals surface area contributed by atoms with E-state index >= 15 is 0 Å². The first-order valence-corrected chi connectivity index (χ1v) is 6.47. The van der Waals surface area contributed by atoms with E-state index in [9.17, 15) is 0 Å². The highest BCUT2D eigenvalue weighted by molar-refractivity contribution is 4.73. The highest BCUT2D eigenvalue weighted by atomic mass is 16.5. The van der Waals surface area contributed by atoms with Crippen LogP contribution in [-0.2, 0) is 9.47 Å². The molecule has 0 radical (unpaired) electrons. The molecule has 0 saturated carbocycles. The first kappa shape index (κ1) is 12.3. The Balaban J connectivity index is 1.56. The highest BCUT2D eigenvalue weighted by Crippen LogP contribution is 2.11. The molecule has 2 heterocycles. The van der Waals surface area contributed by atoms with Gasteiger partial charge in [-0.3, -0.25) is 0 Å². The zero-order valence-corrected chi connectivity index (χ0v) is 10.3. The van der Waals surface area contributed by atoms with Gasteiger partial charge in [-0.25, -0.2) is 0 Å². The molecule has 2 aliphatic heterocycles. The summed E-state index contributed by atoms with van der Waals surface area (Å²) >= 11 is 0. The van der Waals surface area contributed by atoms with E-state index in [0.717, 1.165) is 39.4 Å². The molecule has 2 unspecified atom stereocenters. The van der Waals surface area contributed by atoms with Gasteiger partial charge < -0.3 is 19.7 Å². The standard InChI is InChI=1S/C12H24N2O2/c1-14-5-7-16-12(10-14)9-13-8-11-4-2-3-6-15-11/h11-13H,2-10H2,1H3. The third-order valence-corrected chi connectivity index (χ3v) is 3.36. The number of nitrogens with one attached hydrogen (secondary N) is 1. The highest BCUT2D eigenvalue weighted by Gasteiger charge is 2.18. The van der Waals surface area contributed by atoms with Crippen molar-refractivity contribution < 1.29 is 9.47 Å². The van der Waals surface area contributed by atoms with Gasteiger partial charge in [0.15, 0.2) is 0 Å². The molecule has 2 rings (SSSR count). The molecule has 2 saturated heterocycles. The first-order chi connectivity index (χ1) is 7.84. The minimum absolute atomic E-state index is 0.349. The van der Waals surface area contributed by atoms with Gasteiger partial charge >= 0.3 is 0 Å². The Kier molecular flexibility index (Phi) is 5.03. The maximum Gasteiger partial charge on any atom is 0.0826 e. The molecule has 16 heavy (non-hydrogen) atoms. The molecule has 0 aromatic carbocycles. The fourth-order valence-electron chi connectivity index (χ4n) is 2.36. The molecule has 0 aromatic rings. The van der Waals surface area contributed by atoms with Crippen LogP contribution >= 0.6 is 0 Å². The van der Waals surface area contributed by atoms with Gasteiger partial charge in [0.05, 0.1) is 18.8 Å². The molecule has 0 amide bonds. The Morgan fingerprint density at radius 1 is 1.12 bits per heavy atom. The van der Waals surface area contributed by atoms with Crippen molar-refractivity contribution in [3.8, 4) is 0 Å². The van der Waals surface area contributed by atoms with Crippen LogP contribution in [0.3, 0.4) is 0 Å². The summed E-state index contributed by atoms with van der Waals surface area (Å²) in [5.41, 5.74) is 0. The first-order valence-electron chi connectivity index (χ1n) is 6.47. The molecule has 4 heteroatoms. The molecule has 0 bridgehead atoms. The molecule has 1 N–H and O–H groups in total. The number of morpholine rings is 1. The van der Waals surface area contributed by atoms with Crippen LogP contribution in [0.1, 0.15) is 19.3 Å². The van der Waals surface area contributed by atoms with Crippen molar-refractivity contribution in [2.24, 2.45) is 0 Å². The molecule has 2 atom stereocenters. The Hall–Kier alpha value is -0.160. The number of hydrogen-bond acceptors (Lipinski definition) is 4. The zero-order chi connectivity index (χ0) is 11.2. The predicted molar refractivity (Wildman–Crippen MR) is 63.7 cm³/mol. The van der Waals surface area contributed by atoms with Crippen molar-refractivity contribution in [2.45, 2.75) is 31.5 Å². The zero-order valence-electron chi connectivity index (χ0n) is 10.3. The van der Waals surface area contributed by atoms with Gasteiger partial charge in [-0.1, -0.05) is 0 Å². The molecular formula is C12H24N2O2. The number of rotatable bonds is 4. The van der Waals surface area contributed by atoms with Crippen LogP contribution < -0.4 is 5.32 Å². The van der Waals surface area contributed by atoms with Gasteiger partial charge in [-0.2, -0.15) is 0 Å². The molecular weight excluding hydrogens is 204 g/mol. The smallest absolute Gasteiger partial charge is 0.0826 e. The Labute approximate surface area is 98.3 Å². The van der Waals surface area contributed by atoms with Crippen molar-refractivity contribution in [1.29, 1.82) is 0 Å². The third kappa shape index (κ3) is 4.01. The number of likely N-dealkylation sites (N-methyl/N-ethyl adjacent to an activating group) is 1. The lowest BCUT2D eigenvalue weighted by atomic mass is 10.1. The lowest BCUT2D eigenvalue weighted by molar-refractivity contribution is -0.0230. The molecule has 2 fully saturated rings. The topological polar surface area (TPSA) is 33.7 Å². The fourth-order valence-corrected chi connectivity index (χ4v) is 2.36. The van der Waals surface area contributed by atoms with E-state index in [1.807, 2.05) is 0 Å². The molecule has 0 aliphatic carbocycles. The van der Waals surface area contributed by atoms with E-state index in [1.165, 1.54) is 19.3 Å². The third-order valence-electron chi connectivity index (χ3n) is 3.36. The van der Waals surface area contributed by atoms with Gasteiger partial charge in [0.2, 0.25) is 0 Å². The van der Waals surface area contributed by atoms with E-state index in [-0.39, 0.29) is 0 Å². The van der Waals surface area contributed by atoms with Crippen LogP contribution in [-0.4, -0.2) is 63.5 Å². The van der Waals surface area contributed by atoms with Crippen molar-refractivity contribution >= 4 is 0 Å². The minimum atomic E-state index is 0.349. The number of hydrogen-bond donors (Lipinski definition) is 1. The fraction of sp³-hybridized carbons (Fsp3) is 1.00. The van der Waals surface area contributed by atoms with Gasteiger partial charge in [0, 0.05) is 32.8 Å². The molecule has 94 valence electrons. The van der Waals surface area contributed by atoms with E-state index in [4.69, 9.17) is 9.47 Å². The Bertz CT molecular complexity index is 195. The normalized spacial score (nSPS) is 32.8. The number of ether oxygens (including phenoxy) is 2. The van der Waals surface area contributed by atoms with Gasteiger partial charge in [0.1, 0.15) is 0 Å². The quantitative estimate of drug-likeness (QED) is 0.758. The van der Waals surface area contributed by atoms with Crippen LogP contribution in [0.15, 0.2) is 0 Å². The summed E-state index contributed by atoms with van der Waals surface area (Å²) in [6.45, 7) is 5.83. The Morgan fingerprint density at radius 3 is 2.69 bits per heavy atom. The second kappa shape index (κ2) is 6.55. The summed E-state index contributed by atoms with van der Waals surface area (Å²) in [7, 11) is 2.15. The summed E-state index contributed by atoms with van der Waals surface area (Å²) in [6.07, 6.45) is 4.53. The molecule has 2 aliphatic rings. The van der Waals surface area contributed by atoms with Crippen LogP contribution in [0.2, 0.25) is 0 Å². The van der Waals surface area contributed by atoms with Crippen LogP contribution in [0.25, 0.3) is 0 Å². The van der Waals surface area contributed by atoms with Crippen molar-refractivity contribution in [2.75, 3.05) is 46.4 Å². The second-order valence-corrected chi connectivity index (χ2v) is 4.90. The maximum absolute atomic E-state index is 5.69. The molecule has 0 spiro atoms.